The second-order valence-electron chi connectivity index (χ2n) is 6.45. The second kappa shape index (κ2) is 6.15. The standard InChI is InChI=1S/C20H21N3OS/c1-11-5-7-14(8-6-11)9-21-19-18-15(10-22-19)16-12(2)17(24-4)13(3)23-20(16)25-18/h5-8H,9-10H2,1-4H3,(H,21,22). The highest BCUT2D eigenvalue weighted by atomic mass is 32.1. The van der Waals surface area contributed by atoms with E-state index < -0.39 is 0 Å². The van der Waals surface area contributed by atoms with E-state index in [9.17, 15) is 0 Å². The summed E-state index contributed by atoms with van der Waals surface area (Å²) in [6, 6.07) is 8.59. The zero-order valence-electron chi connectivity index (χ0n) is 14.9. The van der Waals surface area contributed by atoms with Crippen LogP contribution in [0.4, 0.5) is 0 Å². The lowest BCUT2D eigenvalue weighted by atomic mass is 10.1. The molecule has 2 aromatic heterocycles. The largest absolute Gasteiger partial charge is 0.495 e. The van der Waals surface area contributed by atoms with E-state index in [0.29, 0.717) is 6.54 Å². The van der Waals surface area contributed by atoms with Crippen molar-refractivity contribution in [2.45, 2.75) is 33.9 Å². The van der Waals surface area contributed by atoms with E-state index in [1.165, 1.54) is 27.0 Å². The van der Waals surface area contributed by atoms with Gasteiger partial charge in [-0.15, -0.1) is 11.3 Å². The molecular weight excluding hydrogens is 330 g/mol. The zero-order chi connectivity index (χ0) is 17.6. The van der Waals surface area contributed by atoms with Crippen LogP contribution >= 0.6 is 11.3 Å². The number of aryl methyl sites for hydroxylation is 3. The Balaban J connectivity index is 1.65. The summed E-state index contributed by atoms with van der Waals surface area (Å²) in [5.41, 5.74) is 5.92. The first-order valence-electron chi connectivity index (χ1n) is 8.39. The van der Waals surface area contributed by atoms with E-state index in [2.05, 4.69) is 43.4 Å². The van der Waals surface area contributed by atoms with Crippen molar-refractivity contribution in [3.8, 4) is 5.75 Å². The first kappa shape index (κ1) is 16.1. The lowest BCUT2D eigenvalue weighted by Gasteiger charge is -2.09. The molecule has 4 rings (SSSR count). The number of amidine groups is 1. The number of hydrogen-bond donors (Lipinski definition) is 1. The van der Waals surface area contributed by atoms with Gasteiger partial charge in [0, 0.05) is 23.1 Å². The SMILES string of the molecule is COc1c(C)nc2sc3c(c2c1C)CN=C3NCc1ccc(C)cc1. The smallest absolute Gasteiger partial charge is 0.143 e. The fourth-order valence-corrected chi connectivity index (χ4v) is 4.68. The summed E-state index contributed by atoms with van der Waals surface area (Å²) in [5, 5.41) is 4.71. The normalized spacial score (nSPS) is 13.0. The molecule has 0 spiro atoms. The molecule has 0 fully saturated rings. The summed E-state index contributed by atoms with van der Waals surface area (Å²) in [5.74, 6) is 1.86. The number of benzene rings is 1. The fourth-order valence-electron chi connectivity index (χ4n) is 3.41. The molecule has 4 nitrogen and oxygen atoms in total. The molecule has 0 unspecified atom stereocenters. The van der Waals surface area contributed by atoms with Crippen LogP contribution in [0.5, 0.6) is 5.75 Å². The number of thiophene rings is 1. The molecule has 1 aliphatic rings. The highest BCUT2D eigenvalue weighted by Gasteiger charge is 2.25. The molecule has 128 valence electrons. The first-order chi connectivity index (χ1) is 12.1. The predicted molar refractivity (Wildman–Crippen MR) is 104 cm³/mol. The number of aromatic nitrogens is 1. The highest BCUT2D eigenvalue weighted by Crippen LogP contribution is 2.40. The Morgan fingerprint density at radius 3 is 2.64 bits per heavy atom. The number of ether oxygens (including phenoxy) is 1. The molecule has 0 amide bonds. The van der Waals surface area contributed by atoms with Crippen LogP contribution in [0.2, 0.25) is 0 Å². The van der Waals surface area contributed by atoms with Crippen LogP contribution in [0, 0.1) is 20.8 Å². The summed E-state index contributed by atoms with van der Waals surface area (Å²) >= 11 is 1.72. The number of methoxy groups -OCH3 is 1. The van der Waals surface area contributed by atoms with Gasteiger partial charge in [0.1, 0.15) is 16.4 Å². The van der Waals surface area contributed by atoms with Gasteiger partial charge in [-0.25, -0.2) is 4.98 Å². The minimum Gasteiger partial charge on any atom is -0.495 e. The molecule has 1 N–H and O–H groups in total. The van der Waals surface area contributed by atoms with Crippen molar-refractivity contribution in [1.29, 1.82) is 0 Å². The summed E-state index contributed by atoms with van der Waals surface area (Å²) in [6.45, 7) is 7.70. The van der Waals surface area contributed by atoms with Gasteiger partial charge in [0.25, 0.3) is 0 Å². The van der Waals surface area contributed by atoms with E-state index in [4.69, 9.17) is 14.7 Å². The Morgan fingerprint density at radius 2 is 1.92 bits per heavy atom. The Morgan fingerprint density at radius 1 is 1.16 bits per heavy atom. The number of aliphatic imine (C=N–C) groups is 1. The van der Waals surface area contributed by atoms with Crippen LogP contribution in [0.15, 0.2) is 29.3 Å². The number of rotatable bonds is 3. The Bertz CT molecular complexity index is 987. The molecule has 3 heterocycles. The average Bonchev–Trinajstić information content (AvgIpc) is 3.13. The lowest BCUT2D eigenvalue weighted by molar-refractivity contribution is 0.407. The predicted octanol–water partition coefficient (Wildman–Crippen LogP) is 4.28. The van der Waals surface area contributed by atoms with Gasteiger partial charge in [-0.2, -0.15) is 0 Å². The van der Waals surface area contributed by atoms with Gasteiger partial charge >= 0.3 is 0 Å². The maximum absolute atomic E-state index is 5.54. The topological polar surface area (TPSA) is 46.5 Å². The molecule has 3 aromatic rings. The molecule has 0 saturated carbocycles. The first-order valence-corrected chi connectivity index (χ1v) is 9.21. The molecule has 0 atom stereocenters. The maximum Gasteiger partial charge on any atom is 0.143 e. The van der Waals surface area contributed by atoms with E-state index in [1.807, 2.05) is 6.92 Å². The number of nitrogens with zero attached hydrogens (tertiary/aromatic N) is 2. The van der Waals surface area contributed by atoms with Crippen molar-refractivity contribution in [3.05, 3.63) is 57.1 Å². The monoisotopic (exact) mass is 351 g/mol. The van der Waals surface area contributed by atoms with Crippen LogP contribution < -0.4 is 10.1 Å². The molecule has 0 bridgehead atoms. The van der Waals surface area contributed by atoms with Crippen LogP contribution in [0.1, 0.15) is 32.8 Å². The van der Waals surface area contributed by atoms with Gasteiger partial charge in [0.15, 0.2) is 0 Å². The van der Waals surface area contributed by atoms with Crippen LogP contribution in [-0.4, -0.2) is 17.9 Å². The quantitative estimate of drug-likeness (QED) is 0.766. The summed E-state index contributed by atoms with van der Waals surface area (Å²) in [6.07, 6.45) is 0. The lowest BCUT2D eigenvalue weighted by Crippen LogP contribution is -2.21. The van der Waals surface area contributed by atoms with Crippen LogP contribution in [0.3, 0.4) is 0 Å². The van der Waals surface area contributed by atoms with E-state index >= 15 is 0 Å². The van der Waals surface area contributed by atoms with Gasteiger partial charge < -0.3 is 10.1 Å². The van der Waals surface area contributed by atoms with Gasteiger partial charge in [-0.05, 0) is 26.3 Å². The molecule has 25 heavy (non-hydrogen) atoms. The molecule has 1 aromatic carbocycles. The molecule has 0 aliphatic carbocycles. The second-order valence-corrected chi connectivity index (χ2v) is 7.45. The summed E-state index contributed by atoms with van der Waals surface area (Å²) in [4.78, 5) is 11.7. The van der Waals surface area contributed by atoms with Crippen LogP contribution in [-0.2, 0) is 13.1 Å². The third kappa shape index (κ3) is 2.68. The van der Waals surface area contributed by atoms with Crippen LogP contribution in [0.25, 0.3) is 10.2 Å². The summed E-state index contributed by atoms with van der Waals surface area (Å²) < 4.78 is 5.54. The van der Waals surface area contributed by atoms with Crippen molar-refractivity contribution < 1.29 is 4.74 Å². The van der Waals surface area contributed by atoms with Crippen molar-refractivity contribution in [3.63, 3.8) is 0 Å². The van der Waals surface area contributed by atoms with E-state index in [1.54, 1.807) is 18.4 Å². The Hall–Kier alpha value is -2.40. The van der Waals surface area contributed by atoms with Gasteiger partial charge in [0.05, 0.1) is 24.2 Å². The third-order valence-electron chi connectivity index (χ3n) is 4.70. The molecule has 5 heteroatoms. The van der Waals surface area contributed by atoms with Gasteiger partial charge in [-0.3, -0.25) is 4.99 Å². The molecular formula is C20H21N3OS. The summed E-state index contributed by atoms with van der Waals surface area (Å²) in [7, 11) is 1.71. The third-order valence-corrected chi connectivity index (χ3v) is 5.83. The van der Waals surface area contributed by atoms with Gasteiger partial charge in [0.2, 0.25) is 0 Å². The van der Waals surface area contributed by atoms with Gasteiger partial charge in [-0.1, -0.05) is 29.8 Å². The minimum absolute atomic E-state index is 0.709. The molecule has 0 radical (unpaired) electrons. The van der Waals surface area contributed by atoms with Crippen molar-refractivity contribution >= 4 is 27.4 Å². The highest BCUT2D eigenvalue weighted by molar-refractivity contribution is 7.20. The molecule has 0 saturated heterocycles. The van der Waals surface area contributed by atoms with Crippen molar-refractivity contribution in [2.24, 2.45) is 4.99 Å². The number of pyridine rings is 1. The van der Waals surface area contributed by atoms with E-state index in [0.717, 1.165) is 34.2 Å². The zero-order valence-corrected chi connectivity index (χ0v) is 15.8. The number of fused-ring (bicyclic) bond motifs is 3. The molecule has 1 aliphatic heterocycles. The number of nitrogens with one attached hydrogen (secondary N) is 1. The van der Waals surface area contributed by atoms with Crippen molar-refractivity contribution in [2.75, 3.05) is 7.11 Å². The maximum atomic E-state index is 5.54. The average molecular weight is 351 g/mol. The Labute approximate surface area is 151 Å². The fraction of sp³-hybridized carbons (Fsp3) is 0.300. The number of hydrogen-bond acceptors (Lipinski definition) is 5. The Kier molecular flexibility index (Phi) is 3.96. The minimum atomic E-state index is 0.709. The van der Waals surface area contributed by atoms with Crippen molar-refractivity contribution in [1.82, 2.24) is 10.3 Å². The van der Waals surface area contributed by atoms with E-state index in [-0.39, 0.29) is 0 Å².